The van der Waals surface area contributed by atoms with E-state index in [1.807, 2.05) is 0 Å². The second-order valence-corrected chi connectivity index (χ2v) is 5.77. The van der Waals surface area contributed by atoms with E-state index in [1.54, 1.807) is 31.2 Å². The van der Waals surface area contributed by atoms with Crippen LogP contribution in [0.1, 0.15) is 41.0 Å². The average Bonchev–Trinajstić information content (AvgIpc) is 3.22. The number of carbonyl (C=O) groups is 1. The van der Waals surface area contributed by atoms with Crippen LogP contribution in [0.25, 0.3) is 0 Å². The monoisotopic (exact) mass is 332 g/mol. The number of methoxy groups -OCH3 is 1. The Hall–Kier alpha value is -2.48. The number of ether oxygens (including phenoxy) is 1. The molecule has 1 aliphatic rings. The predicted molar refractivity (Wildman–Crippen MR) is 84.6 cm³/mol. The smallest absolute Gasteiger partial charge is 0.255 e. The highest BCUT2D eigenvalue weighted by Crippen LogP contribution is 2.31. The second-order valence-electron chi connectivity index (χ2n) is 5.77. The van der Waals surface area contributed by atoms with E-state index in [0.29, 0.717) is 37.0 Å². The van der Waals surface area contributed by atoms with Gasteiger partial charge in [0.2, 0.25) is 5.89 Å². The van der Waals surface area contributed by atoms with Gasteiger partial charge in [-0.05, 0) is 18.9 Å². The average molecular weight is 332 g/mol. The zero-order chi connectivity index (χ0) is 17.1. The van der Waals surface area contributed by atoms with Crippen LogP contribution in [0.4, 0.5) is 0 Å². The topological polar surface area (TPSA) is 90.5 Å². The summed E-state index contributed by atoms with van der Waals surface area (Å²) < 4.78 is 11.5. The molecule has 0 aliphatic carbocycles. The van der Waals surface area contributed by atoms with Crippen molar-refractivity contribution < 1.29 is 14.1 Å². The van der Waals surface area contributed by atoms with Crippen molar-refractivity contribution >= 4 is 5.91 Å². The SMILES string of the molecule is COCCn1cc(C(=O)N2CCC[C@@H]2c2noc(C)n2)ccc1=O. The van der Waals surface area contributed by atoms with Gasteiger partial charge in [0.1, 0.15) is 0 Å². The molecule has 1 amide bonds. The molecule has 0 aromatic carbocycles. The molecule has 24 heavy (non-hydrogen) atoms. The van der Waals surface area contributed by atoms with Gasteiger partial charge in [-0.15, -0.1) is 0 Å². The van der Waals surface area contributed by atoms with Gasteiger partial charge >= 0.3 is 0 Å². The molecule has 0 unspecified atom stereocenters. The van der Waals surface area contributed by atoms with E-state index in [1.165, 1.54) is 10.6 Å². The van der Waals surface area contributed by atoms with Crippen molar-refractivity contribution in [2.45, 2.75) is 32.4 Å². The van der Waals surface area contributed by atoms with E-state index in [4.69, 9.17) is 9.26 Å². The number of pyridine rings is 1. The molecule has 0 radical (unpaired) electrons. The quantitative estimate of drug-likeness (QED) is 0.816. The van der Waals surface area contributed by atoms with Gasteiger partial charge < -0.3 is 18.7 Å². The summed E-state index contributed by atoms with van der Waals surface area (Å²) in [4.78, 5) is 30.7. The molecule has 0 saturated carbocycles. The first-order chi connectivity index (χ1) is 11.6. The maximum absolute atomic E-state index is 12.9. The van der Waals surface area contributed by atoms with E-state index in [-0.39, 0.29) is 17.5 Å². The first-order valence-corrected chi connectivity index (χ1v) is 7.91. The minimum Gasteiger partial charge on any atom is -0.383 e. The molecular formula is C16H20N4O4. The minimum absolute atomic E-state index is 0.133. The summed E-state index contributed by atoms with van der Waals surface area (Å²) in [5.41, 5.74) is 0.313. The number of carbonyl (C=O) groups excluding carboxylic acids is 1. The first kappa shape index (κ1) is 16.4. The number of likely N-dealkylation sites (tertiary alicyclic amines) is 1. The molecule has 3 rings (SSSR count). The molecular weight excluding hydrogens is 312 g/mol. The molecule has 8 heteroatoms. The lowest BCUT2D eigenvalue weighted by Gasteiger charge is -2.22. The van der Waals surface area contributed by atoms with E-state index < -0.39 is 0 Å². The van der Waals surface area contributed by atoms with Crippen LogP contribution >= 0.6 is 0 Å². The van der Waals surface area contributed by atoms with Crippen molar-refractivity contribution in [1.82, 2.24) is 19.6 Å². The summed E-state index contributed by atoms with van der Waals surface area (Å²) >= 11 is 0. The fourth-order valence-corrected chi connectivity index (χ4v) is 2.92. The van der Waals surface area contributed by atoms with E-state index in [0.717, 1.165) is 12.8 Å². The Balaban J connectivity index is 1.84. The Kier molecular flexibility index (Phi) is 4.75. The summed E-state index contributed by atoms with van der Waals surface area (Å²) in [6.45, 7) is 3.17. The predicted octanol–water partition coefficient (Wildman–Crippen LogP) is 1.16. The van der Waals surface area contributed by atoms with Gasteiger partial charge in [-0.25, -0.2) is 0 Å². The van der Waals surface area contributed by atoms with E-state index in [2.05, 4.69) is 10.1 Å². The molecule has 2 aromatic rings. The van der Waals surface area contributed by atoms with E-state index in [9.17, 15) is 9.59 Å². The molecule has 0 spiro atoms. The minimum atomic E-state index is -0.186. The molecule has 1 atom stereocenters. The lowest BCUT2D eigenvalue weighted by Crippen LogP contribution is -2.32. The van der Waals surface area contributed by atoms with Crippen LogP contribution in [0.2, 0.25) is 0 Å². The number of aromatic nitrogens is 3. The lowest BCUT2D eigenvalue weighted by molar-refractivity contribution is 0.0727. The number of nitrogens with zero attached hydrogens (tertiary/aromatic N) is 4. The molecule has 3 heterocycles. The van der Waals surface area contributed by atoms with Crippen LogP contribution < -0.4 is 5.56 Å². The van der Waals surface area contributed by atoms with Gasteiger partial charge in [0, 0.05) is 39.4 Å². The van der Waals surface area contributed by atoms with Crippen LogP contribution in [0.3, 0.4) is 0 Å². The third kappa shape index (κ3) is 3.23. The fraction of sp³-hybridized carbons (Fsp3) is 0.500. The highest BCUT2D eigenvalue weighted by atomic mass is 16.5. The Morgan fingerprint density at radius 3 is 3.00 bits per heavy atom. The van der Waals surface area contributed by atoms with Crippen molar-refractivity contribution in [3.63, 3.8) is 0 Å². The zero-order valence-corrected chi connectivity index (χ0v) is 13.8. The molecule has 0 N–H and O–H groups in total. The second kappa shape index (κ2) is 6.96. The molecule has 2 aromatic heterocycles. The van der Waals surface area contributed by atoms with Crippen LogP contribution in [0, 0.1) is 6.92 Å². The first-order valence-electron chi connectivity index (χ1n) is 7.91. The number of amides is 1. The van der Waals surface area contributed by atoms with Crippen molar-refractivity contribution in [2.75, 3.05) is 20.3 Å². The van der Waals surface area contributed by atoms with Crippen LogP contribution in [-0.4, -0.2) is 45.8 Å². The van der Waals surface area contributed by atoms with Crippen LogP contribution in [-0.2, 0) is 11.3 Å². The summed E-state index contributed by atoms with van der Waals surface area (Å²) in [6, 6.07) is 2.78. The van der Waals surface area contributed by atoms with Gasteiger partial charge in [0.25, 0.3) is 11.5 Å². The molecule has 1 fully saturated rings. The maximum atomic E-state index is 12.9. The summed E-state index contributed by atoms with van der Waals surface area (Å²) in [5, 5.41) is 3.94. The van der Waals surface area contributed by atoms with Crippen LogP contribution in [0.5, 0.6) is 0 Å². The fourth-order valence-electron chi connectivity index (χ4n) is 2.92. The van der Waals surface area contributed by atoms with Gasteiger partial charge in [0.05, 0.1) is 18.2 Å². The van der Waals surface area contributed by atoms with Gasteiger partial charge in [-0.3, -0.25) is 9.59 Å². The van der Waals surface area contributed by atoms with E-state index >= 15 is 0 Å². The van der Waals surface area contributed by atoms with Gasteiger partial charge in [-0.1, -0.05) is 5.16 Å². The van der Waals surface area contributed by atoms with Crippen LogP contribution in [0.15, 0.2) is 27.6 Å². The molecule has 0 bridgehead atoms. The summed E-state index contributed by atoms with van der Waals surface area (Å²) in [5.74, 6) is 0.884. The number of aryl methyl sites for hydroxylation is 1. The Labute approximate surface area is 139 Å². The molecule has 128 valence electrons. The molecule has 1 saturated heterocycles. The Morgan fingerprint density at radius 2 is 2.29 bits per heavy atom. The zero-order valence-electron chi connectivity index (χ0n) is 13.8. The Morgan fingerprint density at radius 1 is 1.46 bits per heavy atom. The summed E-state index contributed by atoms with van der Waals surface area (Å²) in [7, 11) is 1.57. The third-order valence-electron chi connectivity index (χ3n) is 4.12. The molecule has 8 nitrogen and oxygen atoms in total. The maximum Gasteiger partial charge on any atom is 0.255 e. The highest BCUT2D eigenvalue weighted by molar-refractivity contribution is 5.94. The van der Waals surface area contributed by atoms with Crippen molar-refractivity contribution in [2.24, 2.45) is 0 Å². The largest absolute Gasteiger partial charge is 0.383 e. The normalized spacial score (nSPS) is 17.4. The van der Waals surface area contributed by atoms with Gasteiger partial charge in [0.15, 0.2) is 5.82 Å². The van der Waals surface area contributed by atoms with Crippen molar-refractivity contribution in [3.05, 3.63) is 46.0 Å². The summed E-state index contributed by atoms with van der Waals surface area (Å²) in [6.07, 6.45) is 3.27. The van der Waals surface area contributed by atoms with Crippen molar-refractivity contribution in [1.29, 1.82) is 0 Å². The van der Waals surface area contributed by atoms with Gasteiger partial charge in [-0.2, -0.15) is 4.98 Å². The van der Waals surface area contributed by atoms with Crippen molar-refractivity contribution in [3.8, 4) is 0 Å². The Bertz CT molecular complexity index is 782. The highest BCUT2D eigenvalue weighted by Gasteiger charge is 2.33. The number of hydrogen-bond acceptors (Lipinski definition) is 6. The standard InChI is InChI=1S/C16H20N4O4/c1-11-17-15(18-24-11)13-4-3-7-20(13)16(22)12-5-6-14(21)19(10-12)8-9-23-2/h5-6,10,13H,3-4,7-9H2,1-2H3/t13-/m1/s1. The lowest BCUT2D eigenvalue weighted by atomic mass is 10.2. The third-order valence-corrected chi connectivity index (χ3v) is 4.12. The molecule has 1 aliphatic heterocycles. The number of hydrogen-bond donors (Lipinski definition) is 0. The number of rotatable bonds is 5.